The van der Waals surface area contributed by atoms with Crippen LogP contribution in [0.25, 0.3) is 9.65 Å². The number of fused-ring (bicyclic) bond motifs is 1. The fourth-order valence-electron chi connectivity index (χ4n) is 0.957. The average Bonchev–Trinajstić information content (AvgIpc) is 2.36. The molecule has 0 spiro atoms. The van der Waals surface area contributed by atoms with E-state index in [1.165, 1.54) is 6.07 Å². The first-order valence-electron chi connectivity index (χ1n) is 2.99. The van der Waals surface area contributed by atoms with Crippen LogP contribution in [0.1, 0.15) is 0 Å². The third-order valence-corrected chi connectivity index (χ3v) is 3.29. The molecule has 0 N–H and O–H groups in total. The Kier molecular flexibility index (Phi) is 1.37. The molecule has 0 saturated carbocycles. The number of benzene rings is 1. The second-order valence-corrected chi connectivity index (χ2v) is 4.06. The monoisotopic (exact) mass is 200 g/mol. The molecule has 0 radical (unpaired) electrons. The minimum atomic E-state index is -0.0897. The summed E-state index contributed by atoms with van der Waals surface area (Å²) in [6, 6.07) is 7.12. The summed E-state index contributed by atoms with van der Waals surface area (Å²) in [4.78, 5) is 2.04. The second kappa shape index (κ2) is 2.22. The van der Waals surface area contributed by atoms with Gasteiger partial charge in [0.1, 0.15) is 0 Å². The van der Waals surface area contributed by atoms with E-state index in [-0.39, 0.29) is 5.82 Å². The molecule has 1 heterocycles. The summed E-state index contributed by atoms with van der Waals surface area (Å²) in [6.07, 6.45) is 0. The molecule has 0 aliphatic carbocycles. The Balaban J connectivity index is 2.95. The van der Waals surface area contributed by atoms with Crippen molar-refractivity contribution in [3.05, 3.63) is 35.0 Å². The first-order chi connectivity index (χ1) is 4.88. The maximum absolute atomic E-state index is 12.8. The first kappa shape index (κ1) is 6.14. The Bertz CT molecular complexity index is 351. The van der Waals surface area contributed by atoms with Crippen LogP contribution in [0, 0.1) is 5.82 Å². The predicted molar refractivity (Wildman–Crippen MR) is 40.8 cm³/mol. The van der Waals surface area contributed by atoms with Crippen molar-refractivity contribution >= 4 is 24.1 Å². The van der Waals surface area contributed by atoms with Crippen LogP contribution in [0.2, 0.25) is 0 Å². The van der Waals surface area contributed by atoms with Gasteiger partial charge >= 0.3 is 63.6 Å². The van der Waals surface area contributed by atoms with Gasteiger partial charge in [0.2, 0.25) is 0 Å². The van der Waals surface area contributed by atoms with E-state index < -0.39 is 0 Å². The molecule has 2 heteroatoms. The molecule has 2 aromatic rings. The molecule has 0 atom stereocenters. The predicted octanol–water partition coefficient (Wildman–Crippen LogP) is 2.04. The molecule has 0 aliphatic rings. The maximum atomic E-state index is 12.8. The van der Waals surface area contributed by atoms with E-state index in [1.807, 2.05) is 17.1 Å². The standard InChI is InChI=1S/C8H5FSe/c9-7-2-1-3-8-6(7)4-5-10-8/h1-5H. The van der Waals surface area contributed by atoms with Crippen molar-refractivity contribution in [2.45, 2.75) is 0 Å². The molecule has 0 saturated heterocycles. The Morgan fingerprint density at radius 2 is 2.10 bits per heavy atom. The molecular formula is C8H5FSe. The van der Waals surface area contributed by atoms with Gasteiger partial charge < -0.3 is 0 Å². The third kappa shape index (κ3) is 0.808. The normalized spacial score (nSPS) is 10.5. The van der Waals surface area contributed by atoms with Gasteiger partial charge in [-0.2, -0.15) is 0 Å². The summed E-state index contributed by atoms with van der Waals surface area (Å²) in [5.74, 6) is -0.0897. The van der Waals surface area contributed by atoms with Gasteiger partial charge in [-0.05, 0) is 0 Å². The van der Waals surface area contributed by atoms with Gasteiger partial charge in [-0.25, -0.2) is 0 Å². The quantitative estimate of drug-likeness (QED) is 0.569. The molecule has 0 unspecified atom stereocenters. The van der Waals surface area contributed by atoms with E-state index in [1.54, 1.807) is 6.07 Å². The van der Waals surface area contributed by atoms with Gasteiger partial charge in [0, 0.05) is 0 Å². The van der Waals surface area contributed by atoms with Crippen LogP contribution in [0.5, 0.6) is 0 Å². The van der Waals surface area contributed by atoms with Crippen molar-refractivity contribution in [1.82, 2.24) is 0 Å². The molecule has 0 fully saturated rings. The zero-order valence-corrected chi connectivity index (χ0v) is 6.89. The second-order valence-electron chi connectivity index (χ2n) is 2.07. The van der Waals surface area contributed by atoms with E-state index in [9.17, 15) is 4.39 Å². The van der Waals surface area contributed by atoms with Crippen LogP contribution in [-0.4, -0.2) is 14.5 Å². The van der Waals surface area contributed by atoms with Gasteiger partial charge in [-0.1, -0.05) is 0 Å². The summed E-state index contributed by atoms with van der Waals surface area (Å²) in [6.45, 7) is 0. The van der Waals surface area contributed by atoms with Crippen LogP contribution < -0.4 is 0 Å². The summed E-state index contributed by atoms with van der Waals surface area (Å²) >= 11 is 0.372. The van der Waals surface area contributed by atoms with Crippen LogP contribution in [-0.2, 0) is 0 Å². The summed E-state index contributed by atoms with van der Waals surface area (Å²) < 4.78 is 14.0. The van der Waals surface area contributed by atoms with Crippen molar-refractivity contribution in [3.63, 3.8) is 0 Å². The molecule has 2 rings (SSSR count). The fraction of sp³-hybridized carbons (Fsp3) is 0. The summed E-state index contributed by atoms with van der Waals surface area (Å²) in [7, 11) is 0. The molecule has 0 nitrogen and oxygen atoms in total. The van der Waals surface area contributed by atoms with E-state index in [2.05, 4.69) is 0 Å². The Labute approximate surface area is 64.0 Å². The summed E-state index contributed by atoms with van der Waals surface area (Å²) in [5, 5.41) is 0.794. The first-order valence-corrected chi connectivity index (χ1v) is 4.84. The van der Waals surface area contributed by atoms with Crippen LogP contribution in [0.4, 0.5) is 4.39 Å². The molecular weight excluding hydrogens is 194 g/mol. The average molecular weight is 199 g/mol. The third-order valence-electron chi connectivity index (χ3n) is 1.44. The molecule has 1 aromatic carbocycles. The number of hydrogen-bond acceptors (Lipinski definition) is 0. The number of hydrogen-bond donors (Lipinski definition) is 0. The van der Waals surface area contributed by atoms with Crippen LogP contribution >= 0.6 is 0 Å². The van der Waals surface area contributed by atoms with Crippen molar-refractivity contribution in [2.75, 3.05) is 0 Å². The molecule has 0 bridgehead atoms. The van der Waals surface area contributed by atoms with Gasteiger partial charge in [0.15, 0.2) is 0 Å². The minimum absolute atomic E-state index is 0.0897. The number of halogens is 1. The van der Waals surface area contributed by atoms with Crippen LogP contribution in [0.15, 0.2) is 29.2 Å². The SMILES string of the molecule is Fc1cccc2[se]ccc12. The zero-order valence-electron chi connectivity index (χ0n) is 5.17. The van der Waals surface area contributed by atoms with Crippen molar-refractivity contribution in [3.8, 4) is 0 Å². The molecule has 50 valence electrons. The summed E-state index contributed by atoms with van der Waals surface area (Å²) in [5.41, 5.74) is 0. The van der Waals surface area contributed by atoms with E-state index in [0.717, 1.165) is 9.65 Å². The zero-order chi connectivity index (χ0) is 6.97. The molecule has 0 amide bonds. The van der Waals surface area contributed by atoms with Gasteiger partial charge in [0.05, 0.1) is 0 Å². The van der Waals surface area contributed by atoms with Crippen molar-refractivity contribution in [1.29, 1.82) is 0 Å². The Hall–Kier alpha value is -0.591. The molecule has 0 aliphatic heterocycles. The molecule has 1 aromatic heterocycles. The van der Waals surface area contributed by atoms with Gasteiger partial charge in [0.25, 0.3) is 0 Å². The van der Waals surface area contributed by atoms with Crippen molar-refractivity contribution in [2.24, 2.45) is 0 Å². The topological polar surface area (TPSA) is 0 Å². The van der Waals surface area contributed by atoms with Crippen LogP contribution in [0.3, 0.4) is 0 Å². The molecule has 10 heavy (non-hydrogen) atoms. The fourth-order valence-corrected chi connectivity index (χ4v) is 2.64. The van der Waals surface area contributed by atoms with Gasteiger partial charge in [-0.3, -0.25) is 0 Å². The number of rotatable bonds is 0. The van der Waals surface area contributed by atoms with Gasteiger partial charge in [-0.15, -0.1) is 0 Å². The Morgan fingerprint density at radius 3 is 2.90 bits per heavy atom. The Morgan fingerprint density at radius 1 is 1.20 bits per heavy atom. The van der Waals surface area contributed by atoms with E-state index in [0.29, 0.717) is 14.5 Å². The van der Waals surface area contributed by atoms with Crippen molar-refractivity contribution < 1.29 is 4.39 Å². The van der Waals surface area contributed by atoms with E-state index in [4.69, 9.17) is 0 Å². The van der Waals surface area contributed by atoms with E-state index >= 15 is 0 Å².